The van der Waals surface area contributed by atoms with Crippen molar-refractivity contribution < 1.29 is 8.42 Å². The van der Waals surface area contributed by atoms with Crippen LogP contribution in [0.3, 0.4) is 0 Å². The summed E-state index contributed by atoms with van der Waals surface area (Å²) in [5, 5.41) is 3.51. The monoisotopic (exact) mass is 303 g/mol. The molecule has 1 N–H and O–H groups in total. The Bertz CT molecular complexity index is 340. The van der Waals surface area contributed by atoms with Crippen molar-refractivity contribution >= 4 is 9.84 Å². The van der Waals surface area contributed by atoms with Gasteiger partial charge in [0.1, 0.15) is 0 Å². The highest BCUT2D eigenvalue weighted by molar-refractivity contribution is 7.91. The number of unbranched alkanes of at least 4 members (excludes halogenated alkanes) is 6. The van der Waals surface area contributed by atoms with Crippen molar-refractivity contribution in [3.8, 4) is 0 Å². The summed E-state index contributed by atoms with van der Waals surface area (Å²) in [5.41, 5.74) is 0. The molecule has 1 aliphatic heterocycles. The van der Waals surface area contributed by atoms with E-state index < -0.39 is 9.84 Å². The first kappa shape index (κ1) is 18.0. The molecule has 0 radical (unpaired) electrons. The Morgan fingerprint density at radius 3 is 2.25 bits per heavy atom. The summed E-state index contributed by atoms with van der Waals surface area (Å²) in [7, 11) is -2.74. The predicted molar refractivity (Wildman–Crippen MR) is 86.8 cm³/mol. The molecule has 0 aromatic heterocycles. The Morgan fingerprint density at radius 1 is 1.05 bits per heavy atom. The van der Waals surface area contributed by atoms with Gasteiger partial charge in [-0.15, -0.1) is 0 Å². The van der Waals surface area contributed by atoms with Crippen molar-refractivity contribution in [2.45, 2.75) is 77.7 Å². The van der Waals surface area contributed by atoms with Gasteiger partial charge < -0.3 is 5.32 Å². The Hall–Kier alpha value is -0.0900. The number of hydrogen-bond donors (Lipinski definition) is 1. The van der Waals surface area contributed by atoms with Crippen LogP contribution in [0.1, 0.15) is 71.6 Å². The Balaban J connectivity index is 2.19. The first-order chi connectivity index (χ1) is 9.59. The molecule has 0 bridgehead atoms. The largest absolute Gasteiger partial charge is 0.314 e. The van der Waals surface area contributed by atoms with Gasteiger partial charge >= 0.3 is 0 Å². The van der Waals surface area contributed by atoms with Gasteiger partial charge in [-0.25, -0.2) is 8.42 Å². The van der Waals surface area contributed by atoms with Crippen molar-refractivity contribution in [2.24, 2.45) is 5.92 Å². The number of sulfone groups is 1. The van der Waals surface area contributed by atoms with Crippen LogP contribution in [0, 0.1) is 5.92 Å². The van der Waals surface area contributed by atoms with Gasteiger partial charge in [-0.05, 0) is 25.3 Å². The summed E-state index contributed by atoms with van der Waals surface area (Å²) in [6.07, 6.45) is 11.3. The third-order valence-corrected chi connectivity index (χ3v) is 6.22. The van der Waals surface area contributed by atoms with Gasteiger partial charge in [-0.1, -0.05) is 58.8 Å². The molecule has 1 heterocycles. The van der Waals surface area contributed by atoms with Gasteiger partial charge in [0.15, 0.2) is 9.84 Å². The van der Waals surface area contributed by atoms with Gasteiger partial charge in [0.05, 0.1) is 11.5 Å². The molecule has 1 rings (SSSR count). The molecule has 2 unspecified atom stereocenters. The second kappa shape index (κ2) is 9.78. The van der Waals surface area contributed by atoms with Crippen LogP contribution in [0.15, 0.2) is 0 Å². The van der Waals surface area contributed by atoms with Crippen LogP contribution >= 0.6 is 0 Å². The summed E-state index contributed by atoms with van der Waals surface area (Å²) >= 11 is 0. The zero-order valence-electron chi connectivity index (χ0n) is 13.4. The molecule has 4 heteroatoms. The Morgan fingerprint density at radius 2 is 1.70 bits per heavy atom. The maximum absolute atomic E-state index is 11.6. The molecule has 0 amide bonds. The second-order valence-electron chi connectivity index (χ2n) is 6.24. The highest BCUT2D eigenvalue weighted by Crippen LogP contribution is 2.25. The van der Waals surface area contributed by atoms with E-state index in [1.165, 1.54) is 44.9 Å². The molecule has 1 fully saturated rings. The average Bonchev–Trinajstić information content (AvgIpc) is 2.77. The maximum atomic E-state index is 11.6. The van der Waals surface area contributed by atoms with E-state index in [4.69, 9.17) is 0 Å². The third kappa shape index (κ3) is 7.07. The molecule has 20 heavy (non-hydrogen) atoms. The lowest BCUT2D eigenvalue weighted by molar-refractivity contribution is 0.355. The van der Waals surface area contributed by atoms with Crippen LogP contribution < -0.4 is 5.32 Å². The van der Waals surface area contributed by atoms with Gasteiger partial charge in [0, 0.05) is 6.04 Å². The number of nitrogens with one attached hydrogen (secondary N) is 1. The minimum atomic E-state index is -2.74. The molecular formula is C16H33NO2S. The first-order valence-electron chi connectivity index (χ1n) is 8.53. The van der Waals surface area contributed by atoms with Crippen LogP contribution in [-0.4, -0.2) is 32.5 Å². The van der Waals surface area contributed by atoms with Crippen molar-refractivity contribution in [3.05, 3.63) is 0 Å². The van der Waals surface area contributed by atoms with Gasteiger partial charge in [-0.3, -0.25) is 0 Å². The summed E-state index contributed by atoms with van der Waals surface area (Å²) in [4.78, 5) is 0. The lowest BCUT2D eigenvalue weighted by Gasteiger charge is -2.23. The highest BCUT2D eigenvalue weighted by atomic mass is 32.2. The molecule has 0 aliphatic carbocycles. The molecule has 120 valence electrons. The zero-order chi connectivity index (χ0) is 14.8. The van der Waals surface area contributed by atoms with Crippen LogP contribution in [0.25, 0.3) is 0 Å². The number of hydrogen-bond acceptors (Lipinski definition) is 3. The van der Waals surface area contributed by atoms with E-state index in [0.717, 1.165) is 19.4 Å². The third-order valence-electron chi connectivity index (χ3n) is 4.42. The quantitative estimate of drug-likeness (QED) is 0.594. The van der Waals surface area contributed by atoms with Gasteiger partial charge in [0.2, 0.25) is 0 Å². The summed E-state index contributed by atoms with van der Waals surface area (Å²) in [6.45, 7) is 5.30. The molecule has 2 atom stereocenters. The minimum absolute atomic E-state index is 0.347. The average molecular weight is 304 g/mol. The fourth-order valence-electron chi connectivity index (χ4n) is 3.23. The molecule has 0 aromatic rings. The maximum Gasteiger partial charge on any atom is 0.150 e. The Kier molecular flexibility index (Phi) is 8.78. The highest BCUT2D eigenvalue weighted by Gasteiger charge is 2.32. The van der Waals surface area contributed by atoms with Crippen molar-refractivity contribution in [1.29, 1.82) is 0 Å². The molecular weight excluding hydrogens is 270 g/mol. The SMILES string of the molecule is CCCCCCCCCC(NCC)C1CCS(=O)(=O)C1. The molecule has 3 nitrogen and oxygen atoms in total. The van der Waals surface area contributed by atoms with E-state index in [0.29, 0.717) is 23.5 Å². The first-order valence-corrected chi connectivity index (χ1v) is 10.3. The van der Waals surface area contributed by atoms with Crippen molar-refractivity contribution in [2.75, 3.05) is 18.1 Å². The standard InChI is InChI=1S/C16H33NO2S/c1-3-5-6-7-8-9-10-11-16(17-4-2)15-12-13-20(18,19)14-15/h15-17H,3-14H2,1-2H3. The second-order valence-corrected chi connectivity index (χ2v) is 8.47. The van der Waals surface area contributed by atoms with Crippen LogP contribution in [0.2, 0.25) is 0 Å². The van der Waals surface area contributed by atoms with Crippen LogP contribution in [-0.2, 0) is 9.84 Å². The molecule has 1 saturated heterocycles. The van der Waals surface area contributed by atoms with Gasteiger partial charge in [0.25, 0.3) is 0 Å². The lowest BCUT2D eigenvalue weighted by atomic mass is 9.93. The lowest BCUT2D eigenvalue weighted by Crippen LogP contribution is -2.36. The van der Waals surface area contributed by atoms with E-state index in [-0.39, 0.29) is 0 Å². The molecule has 0 spiro atoms. The van der Waals surface area contributed by atoms with Crippen LogP contribution in [0.4, 0.5) is 0 Å². The molecule has 0 saturated carbocycles. The van der Waals surface area contributed by atoms with E-state index in [9.17, 15) is 8.42 Å². The zero-order valence-corrected chi connectivity index (χ0v) is 14.2. The van der Waals surface area contributed by atoms with E-state index in [2.05, 4.69) is 19.2 Å². The predicted octanol–water partition coefficient (Wildman–Crippen LogP) is 3.54. The summed E-state index contributed by atoms with van der Waals surface area (Å²) in [5.74, 6) is 1.15. The molecule has 1 aliphatic rings. The smallest absolute Gasteiger partial charge is 0.150 e. The fraction of sp³-hybridized carbons (Fsp3) is 1.00. The van der Waals surface area contributed by atoms with Crippen molar-refractivity contribution in [3.63, 3.8) is 0 Å². The topological polar surface area (TPSA) is 46.2 Å². The normalized spacial score (nSPS) is 23.0. The van der Waals surface area contributed by atoms with Gasteiger partial charge in [-0.2, -0.15) is 0 Å². The van der Waals surface area contributed by atoms with Crippen molar-refractivity contribution in [1.82, 2.24) is 5.32 Å². The summed E-state index contributed by atoms with van der Waals surface area (Å²) < 4.78 is 23.2. The Labute approximate surface area is 125 Å². The van der Waals surface area contributed by atoms with E-state index in [1.807, 2.05) is 0 Å². The fourth-order valence-corrected chi connectivity index (χ4v) is 5.11. The number of rotatable bonds is 11. The van der Waals surface area contributed by atoms with E-state index >= 15 is 0 Å². The molecule has 0 aromatic carbocycles. The van der Waals surface area contributed by atoms with E-state index in [1.54, 1.807) is 0 Å². The minimum Gasteiger partial charge on any atom is -0.314 e. The van der Waals surface area contributed by atoms with Crippen LogP contribution in [0.5, 0.6) is 0 Å². The summed E-state index contributed by atoms with van der Waals surface area (Å²) in [6, 6.07) is 0.410.